The van der Waals surface area contributed by atoms with Crippen LogP contribution in [-0.4, -0.2) is 16.9 Å². The van der Waals surface area contributed by atoms with Gasteiger partial charge in [0.05, 0.1) is 5.52 Å². The summed E-state index contributed by atoms with van der Waals surface area (Å²) in [6, 6.07) is 24.7. The van der Waals surface area contributed by atoms with Gasteiger partial charge in [0.25, 0.3) is 5.91 Å². The number of aromatic nitrogens is 1. The molecule has 4 aromatic rings. The van der Waals surface area contributed by atoms with Crippen LogP contribution in [0.1, 0.15) is 28.4 Å². The number of carbonyl (C=O) groups excluding carboxylic acids is 2. The SMILES string of the molecule is Cc1cc(COc2ccc(CSc3ccccc3C3NC(=O)NC3=O)cc2)c2ccccc2n1. The molecular formula is C27H23N3O3S. The Bertz CT molecular complexity index is 1370. The van der Waals surface area contributed by atoms with Gasteiger partial charge in [-0.25, -0.2) is 4.79 Å². The summed E-state index contributed by atoms with van der Waals surface area (Å²) in [5, 5.41) is 6.07. The van der Waals surface area contributed by atoms with Crippen molar-refractivity contribution >= 4 is 34.6 Å². The zero-order valence-corrected chi connectivity index (χ0v) is 19.4. The van der Waals surface area contributed by atoms with Crippen LogP contribution >= 0.6 is 11.8 Å². The standard InChI is InChI=1S/C27H23N3O3S/c1-17-14-19(21-6-2-4-8-23(21)28-17)15-33-20-12-10-18(11-13-20)16-34-24-9-5-3-7-22(24)25-26(31)30-27(32)29-25/h2-14,25H,15-16H2,1H3,(H2,29,30,31,32). The Labute approximate surface area is 201 Å². The third-order valence-corrected chi connectivity index (χ3v) is 6.81. The van der Waals surface area contributed by atoms with Crippen molar-refractivity contribution in [3.8, 4) is 5.75 Å². The molecule has 34 heavy (non-hydrogen) atoms. The fourth-order valence-electron chi connectivity index (χ4n) is 4.00. The van der Waals surface area contributed by atoms with Crippen molar-refractivity contribution in [3.63, 3.8) is 0 Å². The molecule has 1 aliphatic heterocycles. The maximum atomic E-state index is 12.1. The average Bonchev–Trinajstić information content (AvgIpc) is 3.19. The lowest BCUT2D eigenvalue weighted by atomic mass is 10.1. The van der Waals surface area contributed by atoms with Crippen molar-refractivity contribution in [2.45, 2.75) is 30.2 Å². The van der Waals surface area contributed by atoms with Crippen LogP contribution in [0.3, 0.4) is 0 Å². The molecule has 1 aromatic heterocycles. The Kier molecular flexibility index (Phi) is 6.18. The van der Waals surface area contributed by atoms with Gasteiger partial charge >= 0.3 is 6.03 Å². The second-order valence-electron chi connectivity index (χ2n) is 8.09. The summed E-state index contributed by atoms with van der Waals surface area (Å²) in [5.41, 5.74) is 5.00. The largest absolute Gasteiger partial charge is 0.489 e. The summed E-state index contributed by atoms with van der Waals surface area (Å²) in [5.74, 6) is 1.21. The van der Waals surface area contributed by atoms with E-state index in [1.165, 1.54) is 0 Å². The number of nitrogens with zero attached hydrogens (tertiary/aromatic N) is 1. The van der Waals surface area contributed by atoms with Crippen LogP contribution in [0.5, 0.6) is 5.75 Å². The lowest BCUT2D eigenvalue weighted by Gasteiger charge is -2.13. The summed E-state index contributed by atoms with van der Waals surface area (Å²) in [7, 11) is 0. The molecular weight excluding hydrogens is 446 g/mol. The minimum Gasteiger partial charge on any atom is -0.489 e. The van der Waals surface area contributed by atoms with E-state index in [-0.39, 0.29) is 5.91 Å². The molecule has 7 heteroatoms. The molecule has 0 aliphatic carbocycles. The number of urea groups is 1. The van der Waals surface area contributed by atoms with Crippen LogP contribution in [0.4, 0.5) is 4.79 Å². The molecule has 1 atom stereocenters. The molecule has 170 valence electrons. The molecule has 3 aromatic carbocycles. The molecule has 1 unspecified atom stereocenters. The van der Waals surface area contributed by atoms with E-state index < -0.39 is 12.1 Å². The summed E-state index contributed by atoms with van der Waals surface area (Å²) in [4.78, 5) is 29.2. The number of fused-ring (bicyclic) bond motifs is 1. The number of amides is 3. The zero-order valence-electron chi connectivity index (χ0n) is 18.6. The number of pyridine rings is 1. The van der Waals surface area contributed by atoms with E-state index in [1.54, 1.807) is 11.8 Å². The van der Waals surface area contributed by atoms with E-state index in [4.69, 9.17) is 4.74 Å². The second kappa shape index (κ2) is 9.57. The minimum atomic E-state index is -0.653. The first-order valence-corrected chi connectivity index (χ1v) is 12.0. The Morgan fingerprint density at radius 1 is 0.971 bits per heavy atom. The van der Waals surface area contributed by atoms with Gasteiger partial charge in [-0.05, 0) is 48.4 Å². The van der Waals surface area contributed by atoms with Crippen molar-refractivity contribution in [2.75, 3.05) is 0 Å². The first-order valence-electron chi connectivity index (χ1n) is 11.0. The number of ether oxygens (including phenoxy) is 1. The molecule has 1 aliphatic rings. The van der Waals surface area contributed by atoms with Gasteiger partial charge in [0.1, 0.15) is 18.4 Å². The minimum absolute atomic E-state index is 0.322. The number of benzene rings is 3. The number of hydrogen-bond donors (Lipinski definition) is 2. The van der Waals surface area contributed by atoms with Crippen LogP contribution in [0.15, 0.2) is 83.8 Å². The number of rotatable bonds is 7. The van der Waals surface area contributed by atoms with Crippen LogP contribution in [0.2, 0.25) is 0 Å². The summed E-state index contributed by atoms with van der Waals surface area (Å²) < 4.78 is 6.06. The highest BCUT2D eigenvalue weighted by Gasteiger charge is 2.32. The quantitative estimate of drug-likeness (QED) is 0.284. The lowest BCUT2D eigenvalue weighted by Crippen LogP contribution is -2.22. The van der Waals surface area contributed by atoms with Gasteiger partial charge in [-0.15, -0.1) is 11.8 Å². The average molecular weight is 470 g/mol. The number of thioether (sulfide) groups is 1. The molecule has 0 bridgehead atoms. The van der Waals surface area contributed by atoms with E-state index in [2.05, 4.69) is 27.8 Å². The highest BCUT2D eigenvalue weighted by molar-refractivity contribution is 7.98. The number of para-hydroxylation sites is 1. The Morgan fingerprint density at radius 3 is 2.53 bits per heavy atom. The molecule has 0 radical (unpaired) electrons. The first kappa shape index (κ1) is 22.0. The maximum Gasteiger partial charge on any atom is 0.322 e. The third-order valence-electron chi connectivity index (χ3n) is 5.65. The monoisotopic (exact) mass is 469 g/mol. The topological polar surface area (TPSA) is 80.3 Å². The van der Waals surface area contributed by atoms with Crippen molar-refractivity contribution in [1.29, 1.82) is 0 Å². The van der Waals surface area contributed by atoms with Gasteiger partial charge in [0.15, 0.2) is 0 Å². The maximum absolute atomic E-state index is 12.1. The zero-order chi connectivity index (χ0) is 23.5. The molecule has 0 spiro atoms. The van der Waals surface area contributed by atoms with Gasteiger partial charge < -0.3 is 10.1 Å². The molecule has 1 saturated heterocycles. The predicted molar refractivity (Wildman–Crippen MR) is 133 cm³/mol. The Hall–Kier alpha value is -3.84. The smallest absolute Gasteiger partial charge is 0.322 e. The number of nitrogens with one attached hydrogen (secondary N) is 2. The van der Waals surface area contributed by atoms with E-state index in [9.17, 15) is 9.59 Å². The molecule has 3 amide bonds. The lowest BCUT2D eigenvalue weighted by molar-refractivity contribution is -0.120. The number of aryl methyl sites for hydroxylation is 1. The van der Waals surface area contributed by atoms with Crippen molar-refractivity contribution in [1.82, 2.24) is 15.6 Å². The van der Waals surface area contributed by atoms with Gasteiger partial charge in [-0.3, -0.25) is 15.1 Å². The fraction of sp³-hybridized carbons (Fsp3) is 0.148. The van der Waals surface area contributed by atoms with E-state index in [1.807, 2.05) is 73.7 Å². The van der Waals surface area contributed by atoms with E-state index in [0.29, 0.717) is 6.61 Å². The van der Waals surface area contributed by atoms with E-state index in [0.717, 1.165) is 49.7 Å². The van der Waals surface area contributed by atoms with Crippen molar-refractivity contribution < 1.29 is 14.3 Å². The van der Waals surface area contributed by atoms with Crippen LogP contribution < -0.4 is 15.4 Å². The number of carbonyl (C=O) groups is 2. The van der Waals surface area contributed by atoms with Crippen LogP contribution in [0, 0.1) is 6.92 Å². The summed E-state index contributed by atoms with van der Waals surface area (Å²) in [6.45, 7) is 2.47. The van der Waals surface area contributed by atoms with Gasteiger partial charge in [-0.2, -0.15) is 0 Å². The number of hydrogen-bond acceptors (Lipinski definition) is 5. The fourth-order valence-corrected chi connectivity index (χ4v) is 5.05. The van der Waals surface area contributed by atoms with Gasteiger partial charge in [0.2, 0.25) is 0 Å². The van der Waals surface area contributed by atoms with Crippen LogP contribution in [0.25, 0.3) is 10.9 Å². The molecule has 5 rings (SSSR count). The predicted octanol–water partition coefficient (Wildman–Crippen LogP) is 5.30. The molecule has 0 saturated carbocycles. The normalized spacial score (nSPS) is 15.3. The molecule has 6 nitrogen and oxygen atoms in total. The van der Waals surface area contributed by atoms with Crippen LogP contribution in [-0.2, 0) is 17.2 Å². The van der Waals surface area contributed by atoms with Crippen molar-refractivity contribution in [2.24, 2.45) is 0 Å². The summed E-state index contributed by atoms with van der Waals surface area (Å²) in [6.07, 6.45) is 0. The second-order valence-corrected chi connectivity index (χ2v) is 9.11. The molecule has 2 heterocycles. The summed E-state index contributed by atoms with van der Waals surface area (Å²) >= 11 is 1.63. The first-order chi connectivity index (χ1) is 16.6. The number of imide groups is 1. The van der Waals surface area contributed by atoms with Gasteiger partial charge in [-0.1, -0.05) is 48.5 Å². The van der Waals surface area contributed by atoms with Crippen molar-refractivity contribution in [3.05, 3.63) is 101 Å². The Morgan fingerprint density at radius 2 is 1.74 bits per heavy atom. The Balaban J connectivity index is 1.23. The molecule has 1 fully saturated rings. The van der Waals surface area contributed by atoms with Gasteiger partial charge in [0, 0.05) is 27.3 Å². The molecule has 2 N–H and O–H groups in total. The third kappa shape index (κ3) is 4.75. The highest BCUT2D eigenvalue weighted by atomic mass is 32.2. The van der Waals surface area contributed by atoms with E-state index >= 15 is 0 Å². The highest BCUT2D eigenvalue weighted by Crippen LogP contribution is 2.31.